The third-order valence-electron chi connectivity index (χ3n) is 2.56. The molecule has 0 unspecified atom stereocenters. The molecular weight excluding hydrogens is 252 g/mol. The SMILES string of the molecule is O=C(O)NC1=N[C@@H]2[C@@H](O)[C@H](O)[C@@H](CO)O[C@@H]2S1. The molecule has 2 heterocycles. The fourth-order valence-corrected chi connectivity index (χ4v) is 2.84. The van der Waals surface area contributed by atoms with Gasteiger partial charge in [0.05, 0.1) is 6.61 Å². The van der Waals surface area contributed by atoms with E-state index in [0.29, 0.717) is 0 Å². The second-order valence-electron chi connectivity index (χ2n) is 3.68. The molecule has 0 aromatic carbocycles. The normalized spacial score (nSPS) is 40.6. The lowest BCUT2D eigenvalue weighted by atomic mass is 9.99. The first-order chi connectivity index (χ1) is 8.02. The number of aliphatic hydroxyl groups is 3. The lowest BCUT2D eigenvalue weighted by molar-refractivity contribution is -0.164. The van der Waals surface area contributed by atoms with Crippen molar-refractivity contribution < 1.29 is 30.0 Å². The molecule has 0 aromatic heterocycles. The minimum Gasteiger partial charge on any atom is -0.465 e. The Morgan fingerprint density at radius 3 is 2.76 bits per heavy atom. The number of amidine groups is 1. The summed E-state index contributed by atoms with van der Waals surface area (Å²) in [6.07, 6.45) is -4.58. The molecule has 8 nitrogen and oxygen atoms in total. The first kappa shape index (κ1) is 12.6. The van der Waals surface area contributed by atoms with E-state index in [0.717, 1.165) is 11.8 Å². The number of nitrogens with zero attached hydrogens (tertiary/aromatic N) is 1. The zero-order valence-corrected chi connectivity index (χ0v) is 9.37. The van der Waals surface area contributed by atoms with Gasteiger partial charge in [-0.25, -0.2) is 4.79 Å². The number of rotatable bonds is 1. The zero-order valence-electron chi connectivity index (χ0n) is 8.55. The van der Waals surface area contributed by atoms with E-state index in [2.05, 4.69) is 10.3 Å². The Balaban J connectivity index is 2.09. The molecule has 5 N–H and O–H groups in total. The van der Waals surface area contributed by atoms with Gasteiger partial charge in [-0.2, -0.15) is 0 Å². The van der Waals surface area contributed by atoms with Crippen LogP contribution in [0.1, 0.15) is 0 Å². The number of amides is 1. The smallest absolute Gasteiger partial charge is 0.410 e. The van der Waals surface area contributed by atoms with Crippen LogP contribution >= 0.6 is 11.8 Å². The van der Waals surface area contributed by atoms with Crippen LogP contribution in [0, 0.1) is 0 Å². The van der Waals surface area contributed by atoms with Gasteiger partial charge in [-0.3, -0.25) is 10.3 Å². The quantitative estimate of drug-likeness (QED) is 0.376. The van der Waals surface area contributed by atoms with Gasteiger partial charge in [0.1, 0.15) is 29.8 Å². The van der Waals surface area contributed by atoms with Crippen LogP contribution in [0.15, 0.2) is 4.99 Å². The molecule has 2 aliphatic heterocycles. The van der Waals surface area contributed by atoms with Crippen LogP contribution in [0.3, 0.4) is 0 Å². The van der Waals surface area contributed by atoms with Crippen LogP contribution in [0.4, 0.5) is 4.79 Å². The van der Waals surface area contributed by atoms with E-state index in [1.807, 2.05) is 0 Å². The molecular formula is C8H12N2O6S. The fourth-order valence-electron chi connectivity index (χ4n) is 1.73. The molecule has 0 radical (unpaired) electrons. The van der Waals surface area contributed by atoms with Crippen LogP contribution in [0.5, 0.6) is 0 Å². The van der Waals surface area contributed by atoms with Crippen LogP contribution in [0.2, 0.25) is 0 Å². The Hall–Kier alpha value is -0.870. The van der Waals surface area contributed by atoms with Crippen molar-refractivity contribution in [2.45, 2.75) is 29.8 Å². The Morgan fingerprint density at radius 2 is 2.18 bits per heavy atom. The second-order valence-corrected chi connectivity index (χ2v) is 4.77. The summed E-state index contributed by atoms with van der Waals surface area (Å²) in [6.45, 7) is -0.427. The highest BCUT2D eigenvalue weighted by Crippen LogP contribution is 2.35. The number of hydrogen-bond donors (Lipinski definition) is 5. The van der Waals surface area contributed by atoms with Gasteiger partial charge in [0.2, 0.25) is 0 Å². The maximum Gasteiger partial charge on any atom is 0.410 e. The lowest BCUT2D eigenvalue weighted by Gasteiger charge is -2.37. The van der Waals surface area contributed by atoms with E-state index >= 15 is 0 Å². The number of fused-ring (bicyclic) bond motifs is 1. The summed E-state index contributed by atoms with van der Waals surface area (Å²) < 4.78 is 5.31. The van der Waals surface area contributed by atoms with Crippen molar-refractivity contribution in [2.75, 3.05) is 6.61 Å². The number of nitrogens with one attached hydrogen (secondary N) is 1. The van der Waals surface area contributed by atoms with Gasteiger partial charge >= 0.3 is 6.09 Å². The summed E-state index contributed by atoms with van der Waals surface area (Å²) in [5.41, 5.74) is -0.604. The summed E-state index contributed by atoms with van der Waals surface area (Å²) >= 11 is 1.00. The van der Waals surface area contributed by atoms with Gasteiger partial charge in [-0.1, -0.05) is 11.8 Å². The van der Waals surface area contributed by atoms with E-state index in [9.17, 15) is 15.0 Å². The van der Waals surface area contributed by atoms with E-state index < -0.39 is 42.5 Å². The Morgan fingerprint density at radius 1 is 1.47 bits per heavy atom. The summed E-state index contributed by atoms with van der Waals surface area (Å²) in [6, 6.07) is -0.736. The lowest BCUT2D eigenvalue weighted by Crippen LogP contribution is -2.55. The molecule has 96 valence electrons. The van der Waals surface area contributed by atoms with Crippen molar-refractivity contribution in [3.8, 4) is 0 Å². The van der Waals surface area contributed by atoms with Crippen LogP contribution in [-0.4, -0.2) is 68.1 Å². The van der Waals surface area contributed by atoms with E-state index in [-0.39, 0.29) is 5.17 Å². The number of thioether (sulfide) groups is 1. The van der Waals surface area contributed by atoms with E-state index in [4.69, 9.17) is 14.9 Å². The molecule has 2 aliphatic rings. The predicted octanol–water partition coefficient (Wildman–Crippen LogP) is -1.84. The van der Waals surface area contributed by atoms with Crippen molar-refractivity contribution in [3.05, 3.63) is 0 Å². The van der Waals surface area contributed by atoms with Crippen molar-refractivity contribution in [3.63, 3.8) is 0 Å². The number of ether oxygens (including phenoxy) is 1. The minimum absolute atomic E-state index is 0.109. The highest BCUT2D eigenvalue weighted by molar-refractivity contribution is 8.14. The standard InChI is InChI=1S/C8H12N2O6S/c11-1-2-4(12)5(13)3-6(16-2)17-7(9-3)10-8(14)15/h2-6,11-13H,1H2,(H,9,10)(H,14,15)/t2-,3-,4-,5-,6-/m1/s1. The first-order valence-corrected chi connectivity index (χ1v) is 5.77. The highest BCUT2D eigenvalue weighted by atomic mass is 32.2. The predicted molar refractivity (Wildman–Crippen MR) is 57.7 cm³/mol. The van der Waals surface area contributed by atoms with Crippen molar-refractivity contribution in [1.82, 2.24) is 5.32 Å². The maximum atomic E-state index is 10.4. The summed E-state index contributed by atoms with van der Waals surface area (Å²) in [5.74, 6) is 0. The molecule has 1 fully saturated rings. The Kier molecular flexibility index (Phi) is 3.54. The highest BCUT2D eigenvalue weighted by Gasteiger charge is 2.48. The molecule has 1 amide bonds. The first-order valence-electron chi connectivity index (χ1n) is 4.89. The Bertz CT molecular complexity index is 351. The molecule has 0 aromatic rings. The van der Waals surface area contributed by atoms with Crippen molar-refractivity contribution in [1.29, 1.82) is 0 Å². The third-order valence-corrected chi connectivity index (χ3v) is 3.61. The van der Waals surface area contributed by atoms with Gasteiger partial charge in [-0.15, -0.1) is 0 Å². The molecule has 5 atom stereocenters. The molecule has 17 heavy (non-hydrogen) atoms. The maximum absolute atomic E-state index is 10.4. The van der Waals surface area contributed by atoms with Gasteiger partial charge in [-0.05, 0) is 0 Å². The number of carboxylic acid groups (broad SMARTS) is 1. The summed E-state index contributed by atoms with van der Waals surface area (Å²) in [7, 11) is 0. The average molecular weight is 264 g/mol. The van der Waals surface area contributed by atoms with Crippen LogP contribution < -0.4 is 5.32 Å². The number of hydrogen-bond acceptors (Lipinski definition) is 7. The molecule has 0 aliphatic carbocycles. The molecule has 9 heteroatoms. The van der Waals surface area contributed by atoms with Gasteiger partial charge in [0, 0.05) is 0 Å². The van der Waals surface area contributed by atoms with Gasteiger partial charge in [0.25, 0.3) is 0 Å². The van der Waals surface area contributed by atoms with Crippen LogP contribution in [0.25, 0.3) is 0 Å². The molecule has 1 saturated heterocycles. The Labute approximate surface area is 100 Å². The van der Waals surface area contributed by atoms with Crippen LogP contribution in [-0.2, 0) is 4.74 Å². The molecule has 2 rings (SSSR count). The fraction of sp³-hybridized carbons (Fsp3) is 0.750. The largest absolute Gasteiger partial charge is 0.465 e. The molecule has 0 saturated carbocycles. The number of aliphatic imine (C=N–C) groups is 1. The van der Waals surface area contributed by atoms with Crippen molar-refractivity contribution in [2.24, 2.45) is 4.99 Å². The third kappa shape index (κ3) is 2.38. The summed E-state index contributed by atoms with van der Waals surface area (Å²) in [4.78, 5) is 14.4. The monoisotopic (exact) mass is 264 g/mol. The zero-order chi connectivity index (χ0) is 12.6. The number of carbonyl (C=O) groups is 1. The second kappa shape index (κ2) is 4.78. The van der Waals surface area contributed by atoms with E-state index in [1.54, 1.807) is 0 Å². The van der Waals surface area contributed by atoms with Gasteiger partial charge < -0.3 is 25.2 Å². The minimum atomic E-state index is -1.26. The van der Waals surface area contributed by atoms with Crippen molar-refractivity contribution >= 4 is 23.0 Å². The van der Waals surface area contributed by atoms with Gasteiger partial charge in [0.15, 0.2) is 5.17 Å². The molecule has 0 spiro atoms. The topological polar surface area (TPSA) is 132 Å². The molecule has 0 bridgehead atoms. The summed E-state index contributed by atoms with van der Waals surface area (Å²) in [5, 5.41) is 39.0. The average Bonchev–Trinajstić information content (AvgIpc) is 2.65. The number of aliphatic hydroxyl groups excluding tert-OH is 3. The van der Waals surface area contributed by atoms with E-state index in [1.165, 1.54) is 0 Å².